The number of ether oxygens (including phenoxy) is 1. The fourth-order valence-electron chi connectivity index (χ4n) is 1.43. The smallest absolute Gasteiger partial charge is 0.262 e. The van der Waals surface area contributed by atoms with E-state index in [9.17, 15) is 8.42 Å². The van der Waals surface area contributed by atoms with Crippen LogP contribution in [0.4, 0.5) is 0 Å². The third kappa shape index (κ3) is 3.35. The fourth-order valence-corrected chi connectivity index (χ4v) is 3.21. The molecule has 0 fully saturated rings. The van der Waals surface area contributed by atoms with E-state index in [0.29, 0.717) is 5.69 Å². The predicted octanol–water partition coefficient (Wildman–Crippen LogP) is 2.63. The Hall–Kier alpha value is -1.02. The molecule has 1 aromatic heterocycles. The summed E-state index contributed by atoms with van der Waals surface area (Å²) in [7, 11) is 2.99. The Labute approximate surface area is 129 Å². The second-order valence-corrected chi connectivity index (χ2v) is 7.09. The summed E-state index contributed by atoms with van der Waals surface area (Å²) in [6.07, 6.45) is 1.67. The van der Waals surface area contributed by atoms with E-state index in [1.807, 2.05) is 0 Å². The minimum atomic E-state index is -3.96. The monoisotopic (exact) mass is 355 g/mol. The zero-order chi connectivity index (χ0) is 14.9. The van der Waals surface area contributed by atoms with Crippen LogP contribution in [0.15, 0.2) is 23.2 Å². The van der Waals surface area contributed by atoms with Crippen molar-refractivity contribution in [1.82, 2.24) is 15.0 Å². The van der Waals surface area contributed by atoms with Crippen LogP contribution in [0.5, 0.6) is 5.75 Å². The maximum Gasteiger partial charge on any atom is 0.262 e. The van der Waals surface area contributed by atoms with E-state index in [1.165, 1.54) is 16.8 Å². The highest BCUT2D eigenvalue weighted by atomic mass is 35.7. The number of rotatable bonds is 4. The molecule has 0 atom stereocenters. The van der Waals surface area contributed by atoms with Gasteiger partial charge in [-0.1, -0.05) is 28.4 Å². The van der Waals surface area contributed by atoms with Gasteiger partial charge in [0.05, 0.1) is 11.2 Å². The van der Waals surface area contributed by atoms with Crippen LogP contribution in [0, 0.1) is 0 Å². The number of aromatic nitrogens is 3. The zero-order valence-electron chi connectivity index (χ0n) is 10.0. The molecule has 2 aromatic rings. The molecular weight excluding hydrogens is 349 g/mol. The van der Waals surface area contributed by atoms with Gasteiger partial charge in [-0.05, 0) is 12.1 Å². The molecule has 10 heteroatoms. The van der Waals surface area contributed by atoms with Gasteiger partial charge >= 0.3 is 0 Å². The average molecular weight is 357 g/mol. The minimum Gasteiger partial charge on any atom is -0.486 e. The third-order valence-corrected chi connectivity index (χ3v) is 4.64. The molecule has 20 heavy (non-hydrogen) atoms. The van der Waals surface area contributed by atoms with Crippen molar-refractivity contribution >= 4 is 42.9 Å². The van der Waals surface area contributed by atoms with Gasteiger partial charge in [-0.15, -0.1) is 5.10 Å². The Morgan fingerprint density at radius 1 is 1.30 bits per heavy atom. The number of hydrogen-bond acceptors (Lipinski definition) is 5. The molecule has 0 N–H and O–H groups in total. The average Bonchev–Trinajstić information content (AvgIpc) is 2.75. The summed E-state index contributed by atoms with van der Waals surface area (Å²) in [5.41, 5.74) is 0.591. The lowest BCUT2D eigenvalue weighted by molar-refractivity contribution is 0.301. The molecule has 0 spiro atoms. The third-order valence-electron chi connectivity index (χ3n) is 2.30. The second-order valence-electron chi connectivity index (χ2n) is 3.80. The van der Waals surface area contributed by atoms with E-state index in [0.717, 1.165) is 0 Å². The largest absolute Gasteiger partial charge is 0.486 e. The Morgan fingerprint density at radius 2 is 2.00 bits per heavy atom. The first-order valence-electron chi connectivity index (χ1n) is 5.19. The first kappa shape index (κ1) is 15.4. The van der Waals surface area contributed by atoms with Crippen molar-refractivity contribution in [1.29, 1.82) is 0 Å². The van der Waals surface area contributed by atoms with Gasteiger partial charge in [-0.3, -0.25) is 4.68 Å². The van der Waals surface area contributed by atoms with Crippen molar-refractivity contribution in [2.24, 2.45) is 7.05 Å². The van der Waals surface area contributed by atoms with Crippen LogP contribution >= 0.6 is 33.9 Å². The molecular formula is C10H8Cl3N3O3S. The van der Waals surface area contributed by atoms with E-state index < -0.39 is 9.05 Å². The van der Waals surface area contributed by atoms with Gasteiger partial charge in [0.1, 0.15) is 28.0 Å². The molecule has 0 aliphatic rings. The van der Waals surface area contributed by atoms with Crippen molar-refractivity contribution in [3.8, 4) is 5.75 Å². The molecule has 0 unspecified atom stereocenters. The number of aryl methyl sites for hydroxylation is 1. The Morgan fingerprint density at radius 3 is 2.55 bits per heavy atom. The first-order chi connectivity index (χ1) is 9.29. The van der Waals surface area contributed by atoms with Crippen LogP contribution in [-0.4, -0.2) is 23.4 Å². The van der Waals surface area contributed by atoms with E-state index >= 15 is 0 Å². The van der Waals surface area contributed by atoms with Crippen molar-refractivity contribution in [2.45, 2.75) is 11.5 Å². The van der Waals surface area contributed by atoms with Crippen molar-refractivity contribution < 1.29 is 13.2 Å². The standard InChI is InChI=1S/C10H8Cl3N3O3S/c1-16-4-6(14-15-16)5-19-7-2-3-8(20(13,17)18)10(12)9(7)11/h2-4H,5H2,1H3. The van der Waals surface area contributed by atoms with E-state index in [-0.39, 0.29) is 27.3 Å². The quantitative estimate of drug-likeness (QED) is 0.787. The molecule has 0 aliphatic heterocycles. The molecule has 1 heterocycles. The molecule has 6 nitrogen and oxygen atoms in total. The predicted molar refractivity (Wildman–Crippen MR) is 74.8 cm³/mol. The van der Waals surface area contributed by atoms with Crippen LogP contribution in [0.2, 0.25) is 10.0 Å². The molecule has 0 saturated carbocycles. The number of nitrogens with zero attached hydrogens (tertiary/aromatic N) is 3. The van der Waals surface area contributed by atoms with Gasteiger partial charge in [0.25, 0.3) is 9.05 Å². The zero-order valence-corrected chi connectivity index (χ0v) is 13.1. The summed E-state index contributed by atoms with van der Waals surface area (Å²) < 4.78 is 29.5. The van der Waals surface area contributed by atoms with Gasteiger partial charge in [0, 0.05) is 17.7 Å². The molecule has 0 aliphatic carbocycles. The highest BCUT2D eigenvalue weighted by Gasteiger charge is 2.20. The Kier molecular flexibility index (Phi) is 4.43. The summed E-state index contributed by atoms with van der Waals surface area (Å²) in [5.74, 6) is 0.228. The van der Waals surface area contributed by atoms with Gasteiger partial charge in [-0.2, -0.15) is 0 Å². The van der Waals surface area contributed by atoms with Crippen LogP contribution in [0.1, 0.15) is 5.69 Å². The normalized spacial score (nSPS) is 11.6. The first-order valence-corrected chi connectivity index (χ1v) is 8.26. The van der Waals surface area contributed by atoms with E-state index in [4.69, 9.17) is 38.6 Å². The van der Waals surface area contributed by atoms with Crippen LogP contribution < -0.4 is 4.74 Å². The lowest BCUT2D eigenvalue weighted by atomic mass is 10.3. The number of hydrogen-bond donors (Lipinski definition) is 0. The van der Waals surface area contributed by atoms with Crippen LogP contribution in [0.3, 0.4) is 0 Å². The van der Waals surface area contributed by atoms with Crippen molar-refractivity contribution in [2.75, 3.05) is 0 Å². The summed E-state index contributed by atoms with van der Waals surface area (Å²) in [6, 6.07) is 2.60. The lowest BCUT2D eigenvalue weighted by Gasteiger charge is -2.09. The molecule has 2 rings (SSSR count). The fraction of sp³-hybridized carbons (Fsp3) is 0.200. The molecule has 1 aromatic carbocycles. The summed E-state index contributed by atoms with van der Waals surface area (Å²) >= 11 is 11.8. The summed E-state index contributed by atoms with van der Waals surface area (Å²) in [5, 5.41) is 7.37. The molecule has 0 bridgehead atoms. The maximum absolute atomic E-state index is 11.3. The number of halogens is 3. The molecule has 0 radical (unpaired) electrons. The second kappa shape index (κ2) is 5.77. The van der Waals surface area contributed by atoms with Gasteiger partial charge in [0.2, 0.25) is 0 Å². The Balaban J connectivity index is 2.24. The summed E-state index contributed by atoms with van der Waals surface area (Å²) in [6.45, 7) is 0.122. The van der Waals surface area contributed by atoms with Crippen LogP contribution in [-0.2, 0) is 22.7 Å². The minimum absolute atomic E-state index is 0.0303. The maximum atomic E-state index is 11.3. The van der Waals surface area contributed by atoms with Gasteiger partial charge in [0.15, 0.2) is 0 Å². The van der Waals surface area contributed by atoms with E-state index in [2.05, 4.69) is 10.3 Å². The SMILES string of the molecule is Cn1cc(COc2ccc(S(=O)(=O)Cl)c(Cl)c2Cl)nn1. The highest BCUT2D eigenvalue weighted by molar-refractivity contribution is 8.13. The van der Waals surface area contributed by atoms with Gasteiger partial charge < -0.3 is 4.74 Å². The lowest BCUT2D eigenvalue weighted by Crippen LogP contribution is -1.99. The number of benzene rings is 1. The van der Waals surface area contributed by atoms with Gasteiger partial charge in [-0.25, -0.2) is 8.42 Å². The highest BCUT2D eigenvalue weighted by Crippen LogP contribution is 2.38. The van der Waals surface area contributed by atoms with E-state index in [1.54, 1.807) is 13.2 Å². The molecule has 0 saturated heterocycles. The topological polar surface area (TPSA) is 74.1 Å². The molecule has 108 valence electrons. The summed E-state index contributed by atoms with van der Waals surface area (Å²) in [4.78, 5) is -0.266. The van der Waals surface area contributed by atoms with Crippen molar-refractivity contribution in [3.63, 3.8) is 0 Å². The van der Waals surface area contributed by atoms with Crippen LogP contribution in [0.25, 0.3) is 0 Å². The Bertz CT molecular complexity index is 745. The molecule has 0 amide bonds. The van der Waals surface area contributed by atoms with Crippen molar-refractivity contribution in [3.05, 3.63) is 34.1 Å².